The van der Waals surface area contributed by atoms with Gasteiger partial charge in [-0.25, -0.2) is 26.3 Å². The molecule has 1 aliphatic carbocycles. The van der Waals surface area contributed by atoms with Crippen molar-refractivity contribution in [3.63, 3.8) is 0 Å². The average Bonchev–Trinajstić information content (AvgIpc) is 3.01. The maximum Gasteiger partial charge on any atom is 0.383 e. The first-order chi connectivity index (χ1) is 22.0. The molecule has 4 aromatic rings. The van der Waals surface area contributed by atoms with Crippen molar-refractivity contribution in [2.75, 3.05) is 0 Å². The Hall–Kier alpha value is -3.98. The van der Waals surface area contributed by atoms with E-state index < -0.39 is 47.5 Å². The predicted molar refractivity (Wildman–Crippen MR) is 162 cm³/mol. The molecule has 4 aromatic carbocycles. The van der Waals surface area contributed by atoms with Crippen LogP contribution in [0.3, 0.4) is 0 Å². The highest BCUT2D eigenvalue weighted by Crippen LogP contribution is 2.40. The standard InChI is InChI=1S/C37H32F8O/c1-2-3-4-5-22-6-12-27(13-7-22)37(44,45)46-28-14-8-23(9-15-28)24-10-16-29(31(38)18-24)25-11-17-30(32(39)19-25)26-20-33(40)35(36(42)43)34(41)21-26/h2-3,6-7,10-13,16-21,23,28,36H,4-5,8-9,14-15H2,1H3. The Morgan fingerprint density at radius 2 is 1.33 bits per heavy atom. The monoisotopic (exact) mass is 644 g/mol. The van der Waals surface area contributed by atoms with E-state index in [1.165, 1.54) is 36.4 Å². The molecule has 0 aliphatic heterocycles. The van der Waals surface area contributed by atoms with Crippen LogP contribution in [0, 0.1) is 23.3 Å². The van der Waals surface area contributed by atoms with E-state index in [1.807, 2.05) is 19.1 Å². The van der Waals surface area contributed by atoms with E-state index in [0.717, 1.165) is 24.5 Å². The summed E-state index contributed by atoms with van der Waals surface area (Å²) in [4.78, 5) is 0. The maximum absolute atomic E-state index is 15.3. The summed E-state index contributed by atoms with van der Waals surface area (Å²) in [6.07, 6.45) is -0.113. The second-order valence-corrected chi connectivity index (χ2v) is 11.5. The Bertz CT molecular complexity index is 1670. The fraction of sp³-hybridized carbons (Fsp3) is 0.297. The number of allylic oxidation sites excluding steroid dienone is 2. The van der Waals surface area contributed by atoms with E-state index in [1.54, 1.807) is 18.2 Å². The van der Waals surface area contributed by atoms with Crippen LogP contribution in [0.5, 0.6) is 0 Å². The van der Waals surface area contributed by atoms with Crippen LogP contribution in [0.1, 0.15) is 73.6 Å². The zero-order valence-electron chi connectivity index (χ0n) is 25.0. The van der Waals surface area contributed by atoms with E-state index in [-0.39, 0.29) is 33.7 Å². The summed E-state index contributed by atoms with van der Waals surface area (Å²) in [6.45, 7) is 1.93. The molecule has 0 amide bonds. The fourth-order valence-corrected chi connectivity index (χ4v) is 5.96. The Labute approximate surface area is 262 Å². The Kier molecular flexibility index (Phi) is 10.3. The third kappa shape index (κ3) is 7.52. The SMILES string of the molecule is CC=CCCc1ccc(C(F)(F)OC2CCC(c3ccc(-c4ccc(-c5cc(F)c(C(F)F)c(F)c5)c(F)c4)c(F)c3)CC2)cc1. The zero-order chi connectivity index (χ0) is 33.0. The lowest BCUT2D eigenvalue weighted by Gasteiger charge is -2.31. The van der Waals surface area contributed by atoms with Crippen LogP contribution in [0.25, 0.3) is 22.3 Å². The lowest BCUT2D eigenvalue weighted by atomic mass is 9.82. The van der Waals surface area contributed by atoms with Gasteiger partial charge in [0, 0.05) is 11.1 Å². The van der Waals surface area contributed by atoms with Gasteiger partial charge in [0.05, 0.1) is 17.2 Å². The van der Waals surface area contributed by atoms with Crippen LogP contribution < -0.4 is 0 Å². The average molecular weight is 645 g/mol. The normalized spacial score (nSPS) is 17.3. The van der Waals surface area contributed by atoms with Gasteiger partial charge >= 0.3 is 6.11 Å². The topological polar surface area (TPSA) is 9.23 Å². The predicted octanol–water partition coefficient (Wildman–Crippen LogP) is 11.8. The number of aryl methyl sites for hydroxylation is 1. The highest BCUT2D eigenvalue weighted by atomic mass is 19.3. The number of benzene rings is 4. The smallest absolute Gasteiger partial charge is 0.313 e. The van der Waals surface area contributed by atoms with Gasteiger partial charge in [0.15, 0.2) is 0 Å². The van der Waals surface area contributed by atoms with E-state index in [2.05, 4.69) is 0 Å². The van der Waals surface area contributed by atoms with Crippen LogP contribution >= 0.6 is 0 Å². The van der Waals surface area contributed by atoms with Gasteiger partial charge in [-0.1, -0.05) is 60.7 Å². The number of rotatable bonds is 10. The van der Waals surface area contributed by atoms with Crippen molar-refractivity contribution in [2.24, 2.45) is 0 Å². The van der Waals surface area contributed by atoms with Gasteiger partial charge in [0.25, 0.3) is 6.43 Å². The van der Waals surface area contributed by atoms with Crippen molar-refractivity contribution in [3.05, 3.63) is 130 Å². The molecule has 9 heteroatoms. The molecular formula is C37H32F8O. The number of halogens is 8. The van der Waals surface area contributed by atoms with Crippen molar-refractivity contribution in [3.8, 4) is 22.3 Å². The molecule has 1 nitrogen and oxygen atoms in total. The quantitative estimate of drug-likeness (QED) is 0.123. The minimum Gasteiger partial charge on any atom is -0.313 e. The molecular weight excluding hydrogens is 612 g/mol. The highest BCUT2D eigenvalue weighted by Gasteiger charge is 2.37. The summed E-state index contributed by atoms with van der Waals surface area (Å²) < 4.78 is 119. The molecule has 0 radical (unpaired) electrons. The van der Waals surface area contributed by atoms with E-state index in [0.29, 0.717) is 43.4 Å². The minimum absolute atomic E-state index is 0.0754. The molecule has 0 atom stereocenters. The second kappa shape index (κ2) is 14.2. The molecule has 1 fully saturated rings. The molecule has 0 N–H and O–H groups in total. The first kappa shape index (κ1) is 33.4. The molecule has 0 aromatic heterocycles. The van der Waals surface area contributed by atoms with Gasteiger partial charge in [-0.3, -0.25) is 0 Å². The van der Waals surface area contributed by atoms with Crippen molar-refractivity contribution in [1.29, 1.82) is 0 Å². The van der Waals surface area contributed by atoms with Crippen molar-refractivity contribution >= 4 is 0 Å². The van der Waals surface area contributed by atoms with Crippen LogP contribution in [0.15, 0.2) is 84.9 Å². The van der Waals surface area contributed by atoms with Crippen LogP contribution in [0.2, 0.25) is 0 Å². The van der Waals surface area contributed by atoms with Gasteiger partial charge in [0.1, 0.15) is 23.3 Å². The molecule has 1 aliphatic rings. The Morgan fingerprint density at radius 1 is 0.739 bits per heavy atom. The third-order valence-electron chi connectivity index (χ3n) is 8.47. The van der Waals surface area contributed by atoms with Gasteiger partial charge in [-0.05, 0) is 97.9 Å². The molecule has 242 valence electrons. The molecule has 0 saturated heterocycles. The summed E-state index contributed by atoms with van der Waals surface area (Å²) in [5.41, 5.74) is -0.195. The molecule has 46 heavy (non-hydrogen) atoms. The summed E-state index contributed by atoms with van der Waals surface area (Å²) >= 11 is 0. The number of hydrogen-bond acceptors (Lipinski definition) is 1. The van der Waals surface area contributed by atoms with Gasteiger partial charge in [-0.15, -0.1) is 0 Å². The number of hydrogen-bond donors (Lipinski definition) is 0. The fourth-order valence-electron chi connectivity index (χ4n) is 5.96. The summed E-state index contributed by atoms with van der Waals surface area (Å²) in [7, 11) is 0. The lowest BCUT2D eigenvalue weighted by Crippen LogP contribution is -2.29. The Morgan fingerprint density at radius 3 is 1.91 bits per heavy atom. The minimum atomic E-state index is -3.43. The van der Waals surface area contributed by atoms with Gasteiger partial charge in [0.2, 0.25) is 0 Å². The maximum atomic E-state index is 15.3. The van der Waals surface area contributed by atoms with Crippen LogP contribution in [-0.2, 0) is 17.3 Å². The van der Waals surface area contributed by atoms with Crippen LogP contribution in [-0.4, -0.2) is 6.10 Å². The van der Waals surface area contributed by atoms with Crippen molar-refractivity contribution < 1.29 is 39.9 Å². The van der Waals surface area contributed by atoms with E-state index in [9.17, 15) is 26.3 Å². The number of alkyl halides is 4. The van der Waals surface area contributed by atoms with Crippen molar-refractivity contribution in [1.82, 2.24) is 0 Å². The first-order valence-electron chi connectivity index (χ1n) is 15.1. The van der Waals surface area contributed by atoms with E-state index >= 15 is 8.78 Å². The lowest BCUT2D eigenvalue weighted by molar-refractivity contribution is -0.277. The van der Waals surface area contributed by atoms with Crippen LogP contribution in [0.4, 0.5) is 35.1 Å². The molecule has 0 unspecified atom stereocenters. The largest absolute Gasteiger partial charge is 0.383 e. The van der Waals surface area contributed by atoms with Gasteiger partial charge < -0.3 is 4.74 Å². The molecule has 1 saturated carbocycles. The number of ether oxygens (including phenoxy) is 1. The molecule has 0 spiro atoms. The first-order valence-corrected chi connectivity index (χ1v) is 15.1. The van der Waals surface area contributed by atoms with Gasteiger partial charge in [-0.2, -0.15) is 8.78 Å². The summed E-state index contributed by atoms with van der Waals surface area (Å²) in [6, 6.07) is 15.5. The van der Waals surface area contributed by atoms with Crippen molar-refractivity contribution in [2.45, 2.75) is 70.0 Å². The second-order valence-electron chi connectivity index (χ2n) is 11.5. The highest BCUT2D eigenvalue weighted by molar-refractivity contribution is 5.72. The Balaban J connectivity index is 1.22. The zero-order valence-corrected chi connectivity index (χ0v) is 25.0. The third-order valence-corrected chi connectivity index (χ3v) is 8.47. The summed E-state index contributed by atoms with van der Waals surface area (Å²) in [5, 5.41) is 0. The molecule has 0 heterocycles. The molecule has 5 rings (SSSR count). The molecule has 0 bridgehead atoms. The summed E-state index contributed by atoms with van der Waals surface area (Å²) in [5.74, 6) is -4.61. The van der Waals surface area contributed by atoms with E-state index in [4.69, 9.17) is 4.74 Å².